The van der Waals surface area contributed by atoms with Crippen molar-refractivity contribution >= 4 is 23.5 Å². The molecule has 0 amide bonds. The lowest BCUT2D eigenvalue weighted by Gasteiger charge is -2.07. The Morgan fingerprint density at radius 1 is 0.920 bits per heavy atom. The van der Waals surface area contributed by atoms with Crippen molar-refractivity contribution in [3.05, 3.63) is 94.0 Å². The minimum Gasteiger partial charge on any atom is -0.489 e. The molecule has 3 aromatic rings. The summed E-state index contributed by atoms with van der Waals surface area (Å²) in [7, 11) is 0. The molecule has 0 aliphatic carbocycles. The second-order valence-corrected chi connectivity index (χ2v) is 6.38. The molecule has 0 saturated heterocycles. The molecule has 2 nitrogen and oxygen atoms in total. The minimum absolute atomic E-state index is 0.454. The van der Waals surface area contributed by atoms with E-state index in [9.17, 15) is 0 Å². The first-order valence-corrected chi connectivity index (χ1v) is 8.57. The van der Waals surface area contributed by atoms with Crippen LogP contribution in [0.5, 0.6) is 5.75 Å². The number of benzene rings is 3. The SMILES string of the molecule is Cc1ccc(N=Cc2ccc(OCc3ccccc3Cl)cc2)cc1C. The largest absolute Gasteiger partial charge is 0.489 e. The zero-order valence-electron chi connectivity index (χ0n) is 14.4. The van der Waals surface area contributed by atoms with Gasteiger partial charge in [-0.05, 0) is 73.0 Å². The number of aliphatic imine (C=N–C) groups is 1. The Morgan fingerprint density at radius 2 is 1.68 bits per heavy atom. The number of hydrogen-bond donors (Lipinski definition) is 0. The van der Waals surface area contributed by atoms with Crippen LogP contribution in [0.3, 0.4) is 0 Å². The smallest absolute Gasteiger partial charge is 0.119 e. The first kappa shape index (κ1) is 17.2. The van der Waals surface area contributed by atoms with Gasteiger partial charge in [-0.3, -0.25) is 4.99 Å². The molecule has 0 spiro atoms. The molecule has 0 atom stereocenters. The predicted octanol–water partition coefficient (Wildman–Crippen LogP) is 6.29. The van der Waals surface area contributed by atoms with E-state index in [1.54, 1.807) is 0 Å². The molecular formula is C22H20ClNO. The van der Waals surface area contributed by atoms with E-state index in [0.29, 0.717) is 6.61 Å². The summed E-state index contributed by atoms with van der Waals surface area (Å²) >= 11 is 6.14. The van der Waals surface area contributed by atoms with Gasteiger partial charge in [-0.2, -0.15) is 0 Å². The van der Waals surface area contributed by atoms with Gasteiger partial charge in [0.05, 0.1) is 5.69 Å². The summed E-state index contributed by atoms with van der Waals surface area (Å²) in [6.07, 6.45) is 1.86. The molecule has 0 bridgehead atoms. The lowest BCUT2D eigenvalue weighted by Crippen LogP contribution is -1.96. The summed E-state index contributed by atoms with van der Waals surface area (Å²) in [4.78, 5) is 4.53. The van der Waals surface area contributed by atoms with Gasteiger partial charge >= 0.3 is 0 Å². The molecule has 0 aromatic heterocycles. The normalized spacial score (nSPS) is 11.0. The number of aryl methyl sites for hydroxylation is 2. The number of halogens is 1. The Morgan fingerprint density at radius 3 is 2.40 bits per heavy atom. The third kappa shape index (κ3) is 4.71. The second kappa shape index (κ2) is 8.00. The van der Waals surface area contributed by atoms with Crippen LogP contribution in [0.15, 0.2) is 71.7 Å². The van der Waals surface area contributed by atoms with E-state index in [2.05, 4.69) is 31.0 Å². The third-order valence-electron chi connectivity index (χ3n) is 4.09. The Kier molecular flexibility index (Phi) is 5.52. The quantitative estimate of drug-likeness (QED) is 0.496. The number of ether oxygens (including phenoxy) is 1. The Bertz CT molecular complexity index is 885. The van der Waals surface area contributed by atoms with Crippen molar-refractivity contribution in [1.29, 1.82) is 0 Å². The van der Waals surface area contributed by atoms with E-state index in [-0.39, 0.29) is 0 Å². The average molecular weight is 350 g/mol. The van der Waals surface area contributed by atoms with Crippen LogP contribution in [0, 0.1) is 13.8 Å². The molecule has 0 heterocycles. The van der Waals surface area contributed by atoms with Gasteiger partial charge < -0.3 is 4.74 Å². The lowest BCUT2D eigenvalue weighted by atomic mass is 10.1. The average Bonchev–Trinajstić information content (AvgIpc) is 2.63. The molecule has 3 heteroatoms. The van der Waals surface area contributed by atoms with E-state index in [4.69, 9.17) is 16.3 Å². The van der Waals surface area contributed by atoms with Crippen molar-refractivity contribution in [3.8, 4) is 5.75 Å². The maximum absolute atomic E-state index is 6.14. The fourth-order valence-electron chi connectivity index (χ4n) is 2.38. The summed E-state index contributed by atoms with van der Waals surface area (Å²) in [6, 6.07) is 21.8. The number of nitrogens with zero attached hydrogens (tertiary/aromatic N) is 1. The molecule has 0 aliphatic rings. The van der Waals surface area contributed by atoms with Crippen LogP contribution in [0.2, 0.25) is 5.02 Å². The van der Waals surface area contributed by atoms with Crippen molar-refractivity contribution < 1.29 is 4.74 Å². The monoisotopic (exact) mass is 349 g/mol. The van der Waals surface area contributed by atoms with Crippen LogP contribution in [-0.2, 0) is 6.61 Å². The molecule has 0 aliphatic heterocycles. The Hall–Kier alpha value is -2.58. The summed E-state index contributed by atoms with van der Waals surface area (Å²) in [6.45, 7) is 4.65. The standard InChI is InChI=1S/C22H20ClNO/c1-16-7-10-20(13-17(16)2)24-14-18-8-11-21(12-9-18)25-15-19-5-3-4-6-22(19)23/h3-14H,15H2,1-2H3. The van der Waals surface area contributed by atoms with Crippen molar-refractivity contribution in [2.24, 2.45) is 4.99 Å². The van der Waals surface area contributed by atoms with E-state index < -0.39 is 0 Å². The maximum Gasteiger partial charge on any atom is 0.119 e. The molecule has 126 valence electrons. The highest BCUT2D eigenvalue weighted by Gasteiger charge is 2.00. The van der Waals surface area contributed by atoms with Crippen LogP contribution < -0.4 is 4.74 Å². The van der Waals surface area contributed by atoms with Gasteiger partial charge in [0.15, 0.2) is 0 Å². The first-order valence-electron chi connectivity index (χ1n) is 8.19. The van der Waals surface area contributed by atoms with Crippen LogP contribution >= 0.6 is 11.6 Å². The molecule has 0 unspecified atom stereocenters. The van der Waals surface area contributed by atoms with E-state index in [0.717, 1.165) is 27.6 Å². The zero-order chi connectivity index (χ0) is 17.6. The Labute approximate surface area is 153 Å². The summed E-state index contributed by atoms with van der Waals surface area (Å²) in [5, 5.41) is 0.722. The van der Waals surface area contributed by atoms with Gasteiger partial charge in [0.1, 0.15) is 12.4 Å². The minimum atomic E-state index is 0.454. The predicted molar refractivity (Wildman–Crippen MR) is 105 cm³/mol. The van der Waals surface area contributed by atoms with Crippen LogP contribution in [0.4, 0.5) is 5.69 Å². The van der Waals surface area contributed by atoms with E-state index in [1.807, 2.05) is 60.8 Å². The van der Waals surface area contributed by atoms with E-state index in [1.165, 1.54) is 11.1 Å². The topological polar surface area (TPSA) is 21.6 Å². The van der Waals surface area contributed by atoms with Gasteiger partial charge in [0.25, 0.3) is 0 Å². The first-order chi connectivity index (χ1) is 12.1. The number of rotatable bonds is 5. The highest BCUT2D eigenvalue weighted by atomic mass is 35.5. The number of hydrogen-bond acceptors (Lipinski definition) is 2. The molecular weight excluding hydrogens is 330 g/mol. The van der Waals surface area contributed by atoms with Gasteiger partial charge in [-0.25, -0.2) is 0 Å². The van der Waals surface area contributed by atoms with Crippen LogP contribution in [0.1, 0.15) is 22.3 Å². The van der Waals surface area contributed by atoms with Gasteiger partial charge in [-0.15, -0.1) is 0 Å². The van der Waals surface area contributed by atoms with Gasteiger partial charge in [0.2, 0.25) is 0 Å². The molecule has 25 heavy (non-hydrogen) atoms. The van der Waals surface area contributed by atoms with Crippen molar-refractivity contribution in [2.45, 2.75) is 20.5 Å². The van der Waals surface area contributed by atoms with Gasteiger partial charge in [-0.1, -0.05) is 35.9 Å². The summed E-state index contributed by atoms with van der Waals surface area (Å²) in [5.41, 5.74) is 5.49. The fourth-order valence-corrected chi connectivity index (χ4v) is 2.57. The molecule has 3 aromatic carbocycles. The Balaban J connectivity index is 1.63. The lowest BCUT2D eigenvalue weighted by molar-refractivity contribution is 0.306. The summed E-state index contributed by atoms with van der Waals surface area (Å²) < 4.78 is 5.79. The van der Waals surface area contributed by atoms with Crippen LogP contribution in [0.25, 0.3) is 0 Å². The fraction of sp³-hybridized carbons (Fsp3) is 0.136. The van der Waals surface area contributed by atoms with Crippen molar-refractivity contribution in [2.75, 3.05) is 0 Å². The second-order valence-electron chi connectivity index (χ2n) is 5.98. The highest BCUT2D eigenvalue weighted by Crippen LogP contribution is 2.20. The van der Waals surface area contributed by atoms with Crippen molar-refractivity contribution in [3.63, 3.8) is 0 Å². The van der Waals surface area contributed by atoms with Crippen LogP contribution in [-0.4, -0.2) is 6.21 Å². The van der Waals surface area contributed by atoms with Gasteiger partial charge in [0, 0.05) is 16.8 Å². The maximum atomic E-state index is 6.14. The summed E-state index contributed by atoms with van der Waals surface area (Å²) in [5.74, 6) is 0.809. The molecule has 3 rings (SSSR count). The molecule has 0 radical (unpaired) electrons. The zero-order valence-corrected chi connectivity index (χ0v) is 15.1. The third-order valence-corrected chi connectivity index (χ3v) is 4.45. The highest BCUT2D eigenvalue weighted by molar-refractivity contribution is 6.31. The molecule has 0 N–H and O–H groups in total. The van der Waals surface area contributed by atoms with E-state index >= 15 is 0 Å². The molecule has 0 saturated carbocycles. The van der Waals surface area contributed by atoms with Crippen molar-refractivity contribution in [1.82, 2.24) is 0 Å². The molecule has 0 fully saturated rings.